The Hall–Kier alpha value is -3.24. The first kappa shape index (κ1) is 17.2. The van der Waals surface area contributed by atoms with E-state index in [1.54, 1.807) is 6.20 Å². The minimum absolute atomic E-state index is 0.102. The average molecular weight is 379 g/mol. The lowest BCUT2D eigenvalue weighted by atomic mass is 9.98. The lowest BCUT2D eigenvalue weighted by Gasteiger charge is -2.21. The summed E-state index contributed by atoms with van der Waals surface area (Å²) in [5, 5.41) is 9.15. The third kappa shape index (κ3) is 3.15. The Labute approximate surface area is 150 Å². The third-order valence-corrected chi connectivity index (χ3v) is 4.13. The summed E-state index contributed by atoms with van der Waals surface area (Å²) in [7, 11) is 0. The normalized spacial score (nSPS) is 15.1. The molecule has 3 aromatic heterocycles. The van der Waals surface area contributed by atoms with Crippen LogP contribution < -0.4 is 10.6 Å². The van der Waals surface area contributed by atoms with E-state index in [0.717, 1.165) is 6.92 Å². The Morgan fingerprint density at radius 3 is 2.89 bits per heavy atom. The number of fused-ring (bicyclic) bond motifs is 2. The molecule has 1 atom stereocenters. The first-order valence-corrected chi connectivity index (χ1v) is 7.97. The van der Waals surface area contributed by atoms with Gasteiger partial charge in [0.2, 0.25) is 5.95 Å². The molecule has 27 heavy (non-hydrogen) atoms. The van der Waals surface area contributed by atoms with Gasteiger partial charge in [-0.05, 0) is 18.6 Å². The third-order valence-electron chi connectivity index (χ3n) is 4.13. The van der Waals surface area contributed by atoms with Gasteiger partial charge in [0.25, 0.3) is 0 Å². The number of anilines is 2. The highest BCUT2D eigenvalue weighted by Gasteiger charge is 2.36. The van der Waals surface area contributed by atoms with Gasteiger partial charge in [-0.3, -0.25) is 0 Å². The van der Waals surface area contributed by atoms with Gasteiger partial charge in [-0.2, -0.15) is 23.3 Å². The second-order valence-corrected chi connectivity index (χ2v) is 5.97. The summed E-state index contributed by atoms with van der Waals surface area (Å²) in [5.74, 6) is -0.326. The van der Waals surface area contributed by atoms with Gasteiger partial charge in [-0.25, -0.2) is 18.9 Å². The van der Waals surface area contributed by atoms with Crippen molar-refractivity contribution in [3.8, 4) is 0 Å². The number of pyridine rings is 1. The van der Waals surface area contributed by atoms with Crippen LogP contribution in [0.25, 0.3) is 11.2 Å². The van der Waals surface area contributed by atoms with E-state index in [1.807, 2.05) is 6.08 Å². The zero-order valence-electron chi connectivity index (χ0n) is 13.9. The average Bonchev–Trinajstić information content (AvgIpc) is 3.09. The number of hydrogen-bond acceptors (Lipinski definition) is 6. The van der Waals surface area contributed by atoms with E-state index >= 15 is 0 Å². The van der Waals surface area contributed by atoms with Crippen LogP contribution >= 0.6 is 0 Å². The van der Waals surface area contributed by atoms with E-state index in [4.69, 9.17) is 0 Å². The van der Waals surface area contributed by atoms with E-state index in [-0.39, 0.29) is 11.6 Å². The summed E-state index contributed by atoms with van der Waals surface area (Å²) in [6.07, 6.45) is 1.66. The van der Waals surface area contributed by atoms with Crippen molar-refractivity contribution in [1.82, 2.24) is 24.6 Å². The second-order valence-electron chi connectivity index (χ2n) is 5.97. The molecule has 0 radical (unpaired) electrons. The number of halogens is 4. The Balaban J connectivity index is 1.69. The lowest BCUT2D eigenvalue weighted by molar-refractivity contribution is -0.138. The Kier molecular flexibility index (Phi) is 3.93. The van der Waals surface area contributed by atoms with Gasteiger partial charge in [-0.15, -0.1) is 0 Å². The molecule has 0 spiro atoms. The van der Waals surface area contributed by atoms with Crippen LogP contribution in [0.3, 0.4) is 0 Å². The van der Waals surface area contributed by atoms with Crippen molar-refractivity contribution in [3.05, 3.63) is 47.8 Å². The Morgan fingerprint density at radius 1 is 1.30 bits per heavy atom. The molecule has 0 unspecified atom stereocenters. The van der Waals surface area contributed by atoms with Gasteiger partial charge >= 0.3 is 6.18 Å². The number of hydrogen-bond donors (Lipinski definition) is 2. The van der Waals surface area contributed by atoms with Crippen molar-refractivity contribution in [2.24, 2.45) is 0 Å². The molecular formula is C16H13F4N7. The predicted octanol–water partition coefficient (Wildman–Crippen LogP) is 2.88. The van der Waals surface area contributed by atoms with E-state index in [0.29, 0.717) is 29.1 Å². The predicted molar refractivity (Wildman–Crippen MR) is 89.7 cm³/mol. The Morgan fingerprint density at radius 2 is 2.11 bits per heavy atom. The highest BCUT2D eigenvalue weighted by molar-refractivity contribution is 5.87. The van der Waals surface area contributed by atoms with Gasteiger partial charge in [0.1, 0.15) is 18.2 Å². The first-order valence-electron chi connectivity index (χ1n) is 7.97. The quantitative estimate of drug-likeness (QED) is 0.682. The van der Waals surface area contributed by atoms with E-state index in [1.165, 1.54) is 23.1 Å². The molecule has 0 saturated carbocycles. The number of nitrogens with zero attached hydrogens (tertiary/aromatic N) is 5. The van der Waals surface area contributed by atoms with E-state index in [9.17, 15) is 17.6 Å². The van der Waals surface area contributed by atoms with Crippen molar-refractivity contribution in [2.45, 2.75) is 19.1 Å². The van der Waals surface area contributed by atoms with E-state index < -0.39 is 18.0 Å². The zero-order valence-corrected chi connectivity index (χ0v) is 13.9. The van der Waals surface area contributed by atoms with Gasteiger partial charge in [0.05, 0.1) is 0 Å². The van der Waals surface area contributed by atoms with Crippen LogP contribution in [0.15, 0.2) is 30.9 Å². The molecule has 0 aromatic carbocycles. The number of alkyl halides is 3. The number of nitrogens with one attached hydrogen (secondary N) is 2. The summed E-state index contributed by atoms with van der Waals surface area (Å²) >= 11 is 0. The van der Waals surface area contributed by atoms with Crippen molar-refractivity contribution in [2.75, 3.05) is 17.2 Å². The Bertz CT molecular complexity index is 1040. The van der Waals surface area contributed by atoms with Gasteiger partial charge < -0.3 is 10.6 Å². The monoisotopic (exact) mass is 379 g/mol. The van der Waals surface area contributed by atoms with Crippen LogP contribution in [-0.2, 0) is 0 Å². The van der Waals surface area contributed by atoms with Gasteiger partial charge in [0, 0.05) is 30.1 Å². The number of rotatable bonds is 3. The molecule has 1 aliphatic heterocycles. The van der Waals surface area contributed by atoms with Crippen LogP contribution in [0.1, 0.15) is 18.1 Å². The van der Waals surface area contributed by atoms with Crippen molar-refractivity contribution in [1.29, 1.82) is 0 Å². The zero-order chi connectivity index (χ0) is 19.2. The minimum atomic E-state index is -4.41. The maximum Gasteiger partial charge on any atom is 0.408 e. The van der Waals surface area contributed by atoms with Crippen LogP contribution in [0.5, 0.6) is 0 Å². The highest BCUT2D eigenvalue weighted by Crippen LogP contribution is 2.32. The molecule has 1 aliphatic rings. The molecule has 0 amide bonds. The molecule has 0 fully saturated rings. The molecule has 7 nitrogen and oxygen atoms in total. The van der Waals surface area contributed by atoms with Crippen molar-refractivity contribution < 1.29 is 17.6 Å². The topological polar surface area (TPSA) is 80.0 Å². The minimum Gasteiger partial charge on any atom is -0.366 e. The molecule has 0 aliphatic carbocycles. The SMILES string of the molecule is C[C@@H](Nc1ncc2c(n1)NCC=C2c1cc(F)c2ncnn2c1)C(F)(F)F. The molecule has 4 rings (SSSR count). The molecular weight excluding hydrogens is 366 g/mol. The van der Waals surface area contributed by atoms with E-state index in [2.05, 4.69) is 30.7 Å². The van der Waals surface area contributed by atoms with Crippen LogP contribution in [0.2, 0.25) is 0 Å². The molecule has 2 N–H and O–H groups in total. The van der Waals surface area contributed by atoms with Crippen LogP contribution in [-0.4, -0.2) is 43.3 Å². The largest absolute Gasteiger partial charge is 0.408 e. The van der Waals surface area contributed by atoms with Gasteiger partial charge in [0.15, 0.2) is 11.5 Å². The fraction of sp³-hybridized carbons (Fsp3) is 0.250. The molecule has 3 aromatic rings. The fourth-order valence-corrected chi connectivity index (χ4v) is 2.72. The molecule has 11 heteroatoms. The summed E-state index contributed by atoms with van der Waals surface area (Å²) in [6.45, 7) is 1.36. The maximum absolute atomic E-state index is 14.2. The molecule has 4 heterocycles. The van der Waals surface area contributed by atoms with Crippen LogP contribution in [0, 0.1) is 5.82 Å². The van der Waals surface area contributed by atoms with Crippen molar-refractivity contribution in [3.63, 3.8) is 0 Å². The fourth-order valence-electron chi connectivity index (χ4n) is 2.72. The molecule has 0 saturated heterocycles. The summed E-state index contributed by atoms with van der Waals surface area (Å²) in [4.78, 5) is 11.9. The van der Waals surface area contributed by atoms with Crippen LogP contribution in [0.4, 0.5) is 29.3 Å². The summed E-state index contributed by atoms with van der Waals surface area (Å²) in [5.41, 5.74) is 1.83. The molecule has 140 valence electrons. The first-order chi connectivity index (χ1) is 12.8. The number of aromatic nitrogens is 5. The highest BCUT2D eigenvalue weighted by atomic mass is 19.4. The van der Waals surface area contributed by atoms with Gasteiger partial charge in [-0.1, -0.05) is 6.08 Å². The summed E-state index contributed by atoms with van der Waals surface area (Å²) < 4.78 is 53.6. The smallest absolute Gasteiger partial charge is 0.366 e. The summed E-state index contributed by atoms with van der Waals surface area (Å²) in [6, 6.07) is -0.471. The maximum atomic E-state index is 14.2. The standard InChI is InChI=1S/C16H13F4N7/c1-8(16(18,19)20)25-15-22-5-11-10(2-3-21-13(11)26-15)9-4-12(17)14-23-7-24-27(14)6-9/h2,4-8H,3H2,1H3,(H2,21,22,25,26)/t8-/m1/s1. The lowest BCUT2D eigenvalue weighted by Crippen LogP contribution is -2.33. The van der Waals surface area contributed by atoms with Crippen molar-refractivity contribution >= 4 is 23.0 Å². The second kappa shape index (κ2) is 6.18. The molecule has 0 bridgehead atoms.